The maximum absolute atomic E-state index is 12.9. The molecule has 6 N–H and O–H groups in total. The number of aliphatic hydroxyl groups excluding tert-OH is 2. The van der Waals surface area contributed by atoms with Gasteiger partial charge in [-0.15, -0.1) is 0 Å². The highest BCUT2D eigenvalue weighted by Crippen LogP contribution is 2.60. The fourth-order valence-corrected chi connectivity index (χ4v) is 10.3. The summed E-state index contributed by atoms with van der Waals surface area (Å²) in [6.45, 7) is 2.09. The number of anilines is 1. The molecule has 0 aliphatic carbocycles. The summed E-state index contributed by atoms with van der Waals surface area (Å²) < 4.78 is 62.6. The Balaban J connectivity index is 1.38. The van der Waals surface area contributed by atoms with E-state index >= 15 is 0 Å². The van der Waals surface area contributed by atoms with Gasteiger partial charge in [0.1, 0.15) is 30.7 Å². The molecular weight excluding hydrogens is 997 g/mol. The van der Waals surface area contributed by atoms with Crippen molar-refractivity contribution in [3.63, 3.8) is 0 Å². The predicted molar refractivity (Wildman–Crippen MR) is 284 cm³/mol. The van der Waals surface area contributed by atoms with Crippen molar-refractivity contribution in [2.75, 3.05) is 25.6 Å². The number of aromatic nitrogens is 2. The number of phosphoric acid groups is 2. The van der Waals surface area contributed by atoms with Crippen LogP contribution in [-0.4, -0.2) is 97.9 Å². The molecule has 3 heterocycles. The van der Waals surface area contributed by atoms with E-state index < -0.39 is 83.7 Å². The summed E-state index contributed by atoms with van der Waals surface area (Å²) in [5.74, 6) is -1.33. The number of hydrogen-bond donors (Lipinski definition) is 5. The maximum Gasteiger partial charge on any atom is 0.481 e. The van der Waals surface area contributed by atoms with E-state index in [4.69, 9.17) is 33.7 Å². The van der Waals surface area contributed by atoms with Crippen LogP contribution in [-0.2, 0) is 51.0 Å². The standard InChI is InChI=1S/C53H89N3O16P2/c1-3-5-7-8-9-10-11-12-13-14-15-16-17-18-19-20-21-26-29-33-37-49(58)69-43(40-66-48(57)36-32-28-25-23-22-24-27-31-35-45-44(70-45)34-30-6-4-2)41-67-73(62,63)72-74(64,65)68-42-46-50(59)51(60)52(71-46)56-39-38-47(54)55-53(56)61/h10-11,13-14,16-17,27,31,38-39,43-46,50-52,59-60H,3-9,12,15,18-26,28-30,32-37,40-42H2,1-2H3,(H,62,63)(H,64,65)(H2,54,55,61)/b11-10-,14-13-,17-16-,31-27-/t43-,44?,45?,46-,50-,51-,52-/m1/s1. The summed E-state index contributed by atoms with van der Waals surface area (Å²) >= 11 is 0. The smallest absolute Gasteiger partial charge is 0.462 e. The third-order valence-corrected chi connectivity index (χ3v) is 15.2. The number of unbranched alkanes of at least 4 members (excludes halogenated alkanes) is 17. The van der Waals surface area contributed by atoms with Gasteiger partial charge in [-0.25, -0.2) is 13.9 Å². The van der Waals surface area contributed by atoms with Gasteiger partial charge >= 0.3 is 33.3 Å². The number of hydrogen-bond acceptors (Lipinski definition) is 16. The number of nitrogens with two attached hydrogens (primary N) is 1. The van der Waals surface area contributed by atoms with Gasteiger partial charge in [0.15, 0.2) is 12.3 Å². The summed E-state index contributed by atoms with van der Waals surface area (Å²) in [4.78, 5) is 62.1. The van der Waals surface area contributed by atoms with Crippen molar-refractivity contribution in [1.29, 1.82) is 0 Å². The van der Waals surface area contributed by atoms with Gasteiger partial charge in [-0.05, 0) is 83.1 Å². The third kappa shape index (κ3) is 29.8. The van der Waals surface area contributed by atoms with Gasteiger partial charge in [-0.2, -0.15) is 9.29 Å². The first-order chi connectivity index (χ1) is 35.6. The lowest BCUT2D eigenvalue weighted by molar-refractivity contribution is -0.161. The lowest BCUT2D eigenvalue weighted by Crippen LogP contribution is -2.36. The van der Waals surface area contributed by atoms with Gasteiger partial charge in [-0.3, -0.25) is 23.2 Å². The number of esters is 2. The van der Waals surface area contributed by atoms with Crippen molar-refractivity contribution in [3.05, 3.63) is 71.4 Å². The Bertz CT molecular complexity index is 2000. The van der Waals surface area contributed by atoms with E-state index in [0.717, 1.165) is 113 Å². The molecule has 1 aromatic heterocycles. The Hall–Kier alpha value is -3.32. The number of epoxide rings is 1. The first-order valence-electron chi connectivity index (χ1n) is 27.3. The number of allylic oxidation sites excluding steroid dienone is 7. The van der Waals surface area contributed by atoms with Crippen molar-refractivity contribution in [2.45, 2.75) is 230 Å². The Morgan fingerprint density at radius 1 is 0.676 bits per heavy atom. The maximum atomic E-state index is 12.9. The van der Waals surface area contributed by atoms with Crippen molar-refractivity contribution in [3.8, 4) is 0 Å². The number of phosphoric ester groups is 2. The van der Waals surface area contributed by atoms with Crippen LogP contribution in [0.3, 0.4) is 0 Å². The van der Waals surface area contributed by atoms with E-state index in [1.807, 2.05) is 0 Å². The van der Waals surface area contributed by atoms with Crippen LogP contribution in [0, 0.1) is 0 Å². The average molecular weight is 1090 g/mol. The van der Waals surface area contributed by atoms with Gasteiger partial charge in [0.2, 0.25) is 0 Å². The number of carbonyl (C=O) groups is 2. The zero-order valence-corrected chi connectivity index (χ0v) is 45.9. The fourth-order valence-electron chi connectivity index (χ4n) is 8.21. The molecule has 74 heavy (non-hydrogen) atoms. The molecule has 0 saturated carbocycles. The monoisotopic (exact) mass is 1090 g/mol. The zero-order valence-electron chi connectivity index (χ0n) is 44.1. The topological polar surface area (TPSA) is 278 Å². The number of rotatable bonds is 44. The Labute approximate surface area is 439 Å². The summed E-state index contributed by atoms with van der Waals surface area (Å²) in [6, 6.07) is 1.25. The number of carbonyl (C=O) groups excluding carboxylic acids is 2. The molecule has 2 saturated heterocycles. The number of nitrogens with zero attached hydrogens (tertiary/aromatic N) is 2. The molecule has 0 amide bonds. The zero-order chi connectivity index (χ0) is 53.9. The highest BCUT2D eigenvalue weighted by Gasteiger charge is 2.46. The van der Waals surface area contributed by atoms with Crippen LogP contribution in [0.1, 0.15) is 193 Å². The SMILES string of the molecule is CCCCCC/C=C\C/C=C\C/C=C\CCCCCCCCC(=O)O[C@H](COC(=O)CCCCCCC/C=C\CC1OC1CCCCC)COP(=O)(O)OP(=O)(O)OC[C@H]1O[C@@H](n2ccc(N)nc2=O)[C@H](O)[C@@H]1O. The number of nitrogen functional groups attached to an aromatic ring is 1. The lowest BCUT2D eigenvalue weighted by Gasteiger charge is -2.21. The minimum absolute atomic E-state index is 0.0286. The molecule has 19 nitrogen and oxygen atoms in total. The second-order valence-corrected chi connectivity index (χ2v) is 22.2. The van der Waals surface area contributed by atoms with Crippen LogP contribution in [0.5, 0.6) is 0 Å². The summed E-state index contributed by atoms with van der Waals surface area (Å²) in [5.41, 5.74) is 4.59. The van der Waals surface area contributed by atoms with Crippen LogP contribution < -0.4 is 11.4 Å². The van der Waals surface area contributed by atoms with Crippen LogP contribution >= 0.6 is 15.6 Å². The second-order valence-electron chi connectivity index (χ2n) is 19.1. The summed E-state index contributed by atoms with van der Waals surface area (Å²) in [6.07, 6.45) is 37.7. The molecule has 2 aliphatic rings. The van der Waals surface area contributed by atoms with Crippen molar-refractivity contribution in [1.82, 2.24) is 9.55 Å². The Morgan fingerprint density at radius 2 is 1.22 bits per heavy atom. The lowest BCUT2D eigenvalue weighted by atomic mass is 10.1. The molecule has 2 fully saturated rings. The molecule has 0 radical (unpaired) electrons. The Morgan fingerprint density at radius 3 is 1.84 bits per heavy atom. The minimum atomic E-state index is -5.44. The molecule has 1 aromatic rings. The van der Waals surface area contributed by atoms with Gasteiger partial charge in [0, 0.05) is 19.0 Å². The molecule has 21 heteroatoms. The molecule has 2 aliphatic heterocycles. The summed E-state index contributed by atoms with van der Waals surface area (Å²) in [5, 5.41) is 20.9. The van der Waals surface area contributed by atoms with E-state index in [-0.39, 0.29) is 18.7 Å². The Kier molecular flexibility index (Phi) is 33.6. The van der Waals surface area contributed by atoms with Gasteiger partial charge < -0.3 is 44.7 Å². The quantitative estimate of drug-likeness (QED) is 0.0133. The molecular formula is C53H89N3O16P2. The van der Waals surface area contributed by atoms with Gasteiger partial charge in [0.25, 0.3) is 0 Å². The van der Waals surface area contributed by atoms with E-state index in [1.165, 1.54) is 51.0 Å². The highest BCUT2D eigenvalue weighted by molar-refractivity contribution is 7.61. The molecule has 422 valence electrons. The normalized spacial score (nSPS) is 22.0. The van der Waals surface area contributed by atoms with Crippen molar-refractivity contribution < 1.29 is 71.0 Å². The van der Waals surface area contributed by atoms with Crippen LogP contribution in [0.4, 0.5) is 5.82 Å². The molecule has 4 unspecified atom stereocenters. The predicted octanol–water partition coefficient (Wildman–Crippen LogP) is 10.7. The van der Waals surface area contributed by atoms with E-state index in [0.29, 0.717) is 25.0 Å². The average Bonchev–Trinajstić information content (AvgIpc) is 4.05. The van der Waals surface area contributed by atoms with Crippen LogP contribution in [0.15, 0.2) is 65.7 Å². The van der Waals surface area contributed by atoms with Crippen LogP contribution in [0.25, 0.3) is 0 Å². The second kappa shape index (κ2) is 38.3. The van der Waals surface area contributed by atoms with Crippen molar-refractivity contribution >= 4 is 33.4 Å². The molecule has 0 spiro atoms. The molecule has 0 aromatic carbocycles. The first-order valence-corrected chi connectivity index (χ1v) is 30.3. The molecule has 3 rings (SSSR count). The van der Waals surface area contributed by atoms with Crippen LogP contribution in [0.2, 0.25) is 0 Å². The third-order valence-electron chi connectivity index (χ3n) is 12.6. The fraction of sp³-hybridized carbons (Fsp3) is 0.736. The molecule has 9 atom stereocenters. The number of aliphatic hydroxyl groups is 2. The largest absolute Gasteiger partial charge is 0.481 e. The van der Waals surface area contributed by atoms with Gasteiger partial charge in [0.05, 0.1) is 25.4 Å². The van der Waals surface area contributed by atoms with Gasteiger partial charge in [-0.1, -0.05) is 146 Å². The van der Waals surface area contributed by atoms with E-state index in [2.05, 4.69) is 71.8 Å². The minimum Gasteiger partial charge on any atom is -0.462 e. The summed E-state index contributed by atoms with van der Waals surface area (Å²) in [7, 11) is -10.9. The van der Waals surface area contributed by atoms with E-state index in [9.17, 15) is 43.5 Å². The van der Waals surface area contributed by atoms with Crippen molar-refractivity contribution in [2.24, 2.45) is 0 Å². The highest BCUT2D eigenvalue weighted by atomic mass is 31.3. The number of ether oxygens (including phenoxy) is 4. The van der Waals surface area contributed by atoms with E-state index in [1.54, 1.807) is 0 Å². The first kappa shape index (κ1) is 65.0. The molecule has 0 bridgehead atoms.